The van der Waals surface area contributed by atoms with Crippen LogP contribution in [0.1, 0.15) is 42.7 Å². The molecule has 1 heterocycles. The van der Waals surface area contributed by atoms with Gasteiger partial charge in [-0.15, -0.1) is 0 Å². The Labute approximate surface area is 173 Å². The molecule has 1 aliphatic rings. The fraction of sp³-hybridized carbons (Fsp3) is 0.304. The van der Waals surface area contributed by atoms with Gasteiger partial charge in [0.2, 0.25) is 5.95 Å². The first-order chi connectivity index (χ1) is 14.4. The molecule has 0 unspecified atom stereocenters. The van der Waals surface area contributed by atoms with Crippen LogP contribution in [0.4, 0.5) is 36.3 Å². The van der Waals surface area contributed by atoms with Crippen molar-refractivity contribution in [3.63, 3.8) is 0 Å². The van der Waals surface area contributed by atoms with Gasteiger partial charge in [-0.1, -0.05) is 43.2 Å². The molecule has 0 bridgehead atoms. The van der Waals surface area contributed by atoms with Gasteiger partial charge >= 0.3 is 6.18 Å². The Morgan fingerprint density at radius 1 is 0.967 bits per heavy atom. The van der Waals surface area contributed by atoms with Crippen LogP contribution in [0.25, 0.3) is 0 Å². The predicted octanol–water partition coefficient (Wildman–Crippen LogP) is 6.66. The first-order valence-corrected chi connectivity index (χ1v) is 10.0. The van der Waals surface area contributed by atoms with Gasteiger partial charge in [0.15, 0.2) is 5.82 Å². The third kappa shape index (κ3) is 4.40. The van der Waals surface area contributed by atoms with E-state index in [1.165, 1.54) is 36.1 Å². The van der Waals surface area contributed by atoms with Crippen molar-refractivity contribution in [1.29, 1.82) is 0 Å². The van der Waals surface area contributed by atoms with E-state index in [-0.39, 0.29) is 11.8 Å². The highest BCUT2D eigenvalue weighted by molar-refractivity contribution is 5.65. The molecular weight excluding hydrogens is 389 g/mol. The maximum Gasteiger partial charge on any atom is 0.421 e. The second-order valence-electron chi connectivity index (χ2n) is 7.55. The van der Waals surface area contributed by atoms with E-state index in [1.54, 1.807) is 31.3 Å². The van der Waals surface area contributed by atoms with Gasteiger partial charge in [0, 0.05) is 24.6 Å². The van der Waals surface area contributed by atoms with Crippen LogP contribution in [0.5, 0.6) is 0 Å². The van der Waals surface area contributed by atoms with Crippen molar-refractivity contribution in [1.82, 2.24) is 9.97 Å². The molecule has 1 fully saturated rings. The molecule has 4 rings (SSSR count). The molecule has 30 heavy (non-hydrogen) atoms. The smallest absolute Gasteiger partial charge is 0.329 e. The number of benzene rings is 2. The summed E-state index contributed by atoms with van der Waals surface area (Å²) in [6.07, 6.45) is 1.23. The summed E-state index contributed by atoms with van der Waals surface area (Å²) in [7, 11) is 1.56. The summed E-state index contributed by atoms with van der Waals surface area (Å²) in [6, 6.07) is 16.8. The molecule has 0 spiro atoms. The molecule has 1 saturated carbocycles. The fourth-order valence-electron chi connectivity index (χ4n) is 3.89. The minimum absolute atomic E-state index is 0.120. The van der Waals surface area contributed by atoms with Crippen LogP contribution in [0.3, 0.4) is 0 Å². The van der Waals surface area contributed by atoms with Crippen LogP contribution in [0, 0.1) is 0 Å². The van der Waals surface area contributed by atoms with Gasteiger partial charge in [-0.2, -0.15) is 18.2 Å². The minimum atomic E-state index is -4.56. The van der Waals surface area contributed by atoms with Crippen LogP contribution in [-0.2, 0) is 6.18 Å². The Balaban J connectivity index is 1.61. The second-order valence-corrected chi connectivity index (χ2v) is 7.55. The standard InChI is InChI=1S/C23H23F3N4/c1-30(19-9-3-2-4-10-19)21-20(23(24,25)26)15-27-22(29-21)28-18-13-11-17(12-14-18)16-7-5-6-8-16/h2-4,9-16H,5-8H2,1H3,(H,27,28,29). The minimum Gasteiger partial charge on any atom is -0.329 e. The lowest BCUT2D eigenvalue weighted by Crippen LogP contribution is -2.19. The van der Waals surface area contributed by atoms with Crippen LogP contribution in [-0.4, -0.2) is 17.0 Å². The number of halogens is 3. The van der Waals surface area contributed by atoms with E-state index in [1.807, 2.05) is 18.2 Å². The molecule has 0 radical (unpaired) electrons. The zero-order chi connectivity index (χ0) is 21.1. The monoisotopic (exact) mass is 412 g/mol. The van der Waals surface area contributed by atoms with Gasteiger partial charge in [0.25, 0.3) is 0 Å². The molecule has 7 heteroatoms. The first kappa shape index (κ1) is 20.2. The van der Waals surface area contributed by atoms with E-state index in [0.717, 1.165) is 11.9 Å². The van der Waals surface area contributed by atoms with E-state index in [4.69, 9.17) is 0 Å². The molecule has 156 valence electrons. The Kier molecular flexibility index (Phi) is 5.61. The van der Waals surface area contributed by atoms with Crippen molar-refractivity contribution in [3.05, 3.63) is 71.9 Å². The SMILES string of the molecule is CN(c1ccccc1)c1nc(Nc2ccc(C3CCCC3)cc2)ncc1C(F)(F)F. The van der Waals surface area contributed by atoms with Gasteiger partial charge in [0.1, 0.15) is 5.56 Å². The Bertz CT molecular complexity index is 982. The Morgan fingerprint density at radius 2 is 1.63 bits per heavy atom. The maximum atomic E-state index is 13.5. The van der Waals surface area contributed by atoms with Gasteiger partial charge in [-0.3, -0.25) is 0 Å². The molecule has 1 aromatic heterocycles. The lowest BCUT2D eigenvalue weighted by atomic mass is 9.98. The van der Waals surface area contributed by atoms with Gasteiger partial charge < -0.3 is 10.2 Å². The van der Waals surface area contributed by atoms with E-state index in [0.29, 0.717) is 11.6 Å². The number of hydrogen-bond donors (Lipinski definition) is 1. The molecule has 0 aliphatic heterocycles. The molecule has 1 aliphatic carbocycles. The summed E-state index contributed by atoms with van der Waals surface area (Å²) in [4.78, 5) is 9.52. The number of alkyl halides is 3. The third-order valence-electron chi connectivity index (χ3n) is 5.53. The summed E-state index contributed by atoms with van der Waals surface area (Å²) in [5, 5.41) is 3.03. The van der Waals surface area contributed by atoms with Crippen LogP contribution in [0.15, 0.2) is 60.8 Å². The number of aromatic nitrogens is 2. The second kappa shape index (κ2) is 8.34. The molecular formula is C23H23F3N4. The van der Waals surface area contributed by atoms with Crippen molar-refractivity contribution in [2.45, 2.75) is 37.8 Å². The molecule has 0 saturated heterocycles. The van der Waals surface area contributed by atoms with Crippen LogP contribution >= 0.6 is 0 Å². The molecule has 2 aromatic carbocycles. The number of rotatable bonds is 5. The van der Waals surface area contributed by atoms with Gasteiger partial charge in [-0.05, 0) is 48.6 Å². The van der Waals surface area contributed by atoms with Gasteiger partial charge in [-0.25, -0.2) is 4.98 Å². The summed E-state index contributed by atoms with van der Waals surface area (Å²) < 4.78 is 40.6. The number of para-hydroxylation sites is 1. The molecule has 3 aromatic rings. The summed E-state index contributed by atoms with van der Waals surface area (Å²) >= 11 is 0. The quantitative estimate of drug-likeness (QED) is 0.508. The van der Waals surface area contributed by atoms with E-state index < -0.39 is 11.7 Å². The average Bonchev–Trinajstić information content (AvgIpc) is 3.28. The number of hydrogen-bond acceptors (Lipinski definition) is 4. The Hall–Kier alpha value is -3.09. The lowest BCUT2D eigenvalue weighted by Gasteiger charge is -2.22. The third-order valence-corrected chi connectivity index (χ3v) is 5.53. The van der Waals surface area contributed by atoms with Gasteiger partial charge in [0.05, 0.1) is 0 Å². The number of anilines is 4. The van der Waals surface area contributed by atoms with Crippen LogP contribution in [0.2, 0.25) is 0 Å². The van der Waals surface area contributed by atoms with Crippen molar-refractivity contribution < 1.29 is 13.2 Å². The fourth-order valence-corrected chi connectivity index (χ4v) is 3.89. The highest BCUT2D eigenvalue weighted by atomic mass is 19.4. The number of nitrogens with one attached hydrogen (secondary N) is 1. The first-order valence-electron chi connectivity index (χ1n) is 10.0. The molecule has 4 nitrogen and oxygen atoms in total. The maximum absolute atomic E-state index is 13.5. The zero-order valence-corrected chi connectivity index (χ0v) is 16.7. The van der Waals surface area contributed by atoms with Crippen molar-refractivity contribution in [2.24, 2.45) is 0 Å². The normalized spacial score (nSPS) is 14.7. The average molecular weight is 412 g/mol. The highest BCUT2D eigenvalue weighted by Gasteiger charge is 2.36. The van der Waals surface area contributed by atoms with Crippen molar-refractivity contribution >= 4 is 23.1 Å². The van der Waals surface area contributed by atoms with E-state index in [2.05, 4.69) is 27.4 Å². The predicted molar refractivity (Wildman–Crippen MR) is 112 cm³/mol. The van der Waals surface area contributed by atoms with Crippen molar-refractivity contribution in [3.8, 4) is 0 Å². The Morgan fingerprint density at radius 3 is 2.27 bits per heavy atom. The highest BCUT2D eigenvalue weighted by Crippen LogP contribution is 2.38. The van der Waals surface area contributed by atoms with E-state index in [9.17, 15) is 13.2 Å². The van der Waals surface area contributed by atoms with Crippen LogP contribution < -0.4 is 10.2 Å². The number of nitrogens with zero attached hydrogens (tertiary/aromatic N) is 3. The largest absolute Gasteiger partial charge is 0.421 e. The van der Waals surface area contributed by atoms with Crippen molar-refractivity contribution in [2.75, 3.05) is 17.3 Å². The zero-order valence-electron chi connectivity index (χ0n) is 16.7. The summed E-state index contributed by atoms with van der Waals surface area (Å²) in [5.41, 5.74) is 1.77. The summed E-state index contributed by atoms with van der Waals surface area (Å²) in [5.74, 6) is 0.524. The summed E-state index contributed by atoms with van der Waals surface area (Å²) in [6.45, 7) is 0. The molecule has 0 atom stereocenters. The lowest BCUT2D eigenvalue weighted by molar-refractivity contribution is -0.137. The topological polar surface area (TPSA) is 41.1 Å². The van der Waals surface area contributed by atoms with E-state index >= 15 is 0 Å². The molecule has 0 amide bonds. The molecule has 1 N–H and O–H groups in total.